The molecule has 2 aliphatic heterocycles. The van der Waals surface area contributed by atoms with E-state index >= 15 is 0 Å². The van der Waals surface area contributed by atoms with Gasteiger partial charge in [-0.3, -0.25) is 19.3 Å². The summed E-state index contributed by atoms with van der Waals surface area (Å²) in [5, 5.41) is 12.2. The Bertz CT molecular complexity index is 1090. The van der Waals surface area contributed by atoms with Gasteiger partial charge >= 0.3 is 0 Å². The molecule has 0 spiro atoms. The summed E-state index contributed by atoms with van der Waals surface area (Å²) >= 11 is 1.55. The third-order valence-corrected chi connectivity index (χ3v) is 6.19. The molecular formula is C21H18N4O4S. The number of carbonyl (C=O) groups is 3. The van der Waals surface area contributed by atoms with Crippen LogP contribution in [0, 0.1) is 0 Å². The number of piperidine rings is 1. The van der Waals surface area contributed by atoms with Gasteiger partial charge in [0.15, 0.2) is 0 Å². The minimum Gasteiger partial charge on any atom is -0.420 e. The number of likely N-dealkylation sites (tertiary alicyclic amines) is 1. The van der Waals surface area contributed by atoms with Gasteiger partial charge in [0.1, 0.15) is 6.54 Å². The highest BCUT2D eigenvalue weighted by atomic mass is 32.1. The molecule has 0 N–H and O–H groups in total. The van der Waals surface area contributed by atoms with Crippen LogP contribution in [0.3, 0.4) is 0 Å². The SMILES string of the molecule is O=C(CN1C(=O)c2ccccc2C1=O)N1CCCC(c2nnc(-c3ccsc3)o2)C1. The van der Waals surface area contributed by atoms with Gasteiger partial charge in [-0.1, -0.05) is 12.1 Å². The molecule has 3 aromatic rings. The number of nitrogens with zero attached hydrogens (tertiary/aromatic N) is 4. The Balaban J connectivity index is 1.27. The lowest BCUT2D eigenvalue weighted by Gasteiger charge is -2.32. The zero-order valence-electron chi connectivity index (χ0n) is 16.0. The number of benzene rings is 1. The highest BCUT2D eigenvalue weighted by molar-refractivity contribution is 7.08. The number of thiophene rings is 1. The lowest BCUT2D eigenvalue weighted by atomic mass is 9.98. The molecule has 152 valence electrons. The summed E-state index contributed by atoms with van der Waals surface area (Å²) in [5.74, 6) is -0.184. The van der Waals surface area contributed by atoms with Gasteiger partial charge in [-0.15, -0.1) is 10.2 Å². The van der Waals surface area contributed by atoms with Gasteiger partial charge in [-0.25, -0.2) is 0 Å². The average Bonchev–Trinajstić information content (AvgIpc) is 3.52. The Morgan fingerprint density at radius 2 is 1.90 bits per heavy atom. The Hall–Kier alpha value is -3.33. The first-order valence-electron chi connectivity index (χ1n) is 9.71. The minimum atomic E-state index is -0.421. The lowest BCUT2D eigenvalue weighted by Crippen LogP contribution is -2.46. The van der Waals surface area contributed by atoms with E-state index in [-0.39, 0.29) is 18.4 Å². The van der Waals surface area contributed by atoms with E-state index in [4.69, 9.17) is 4.42 Å². The number of carbonyl (C=O) groups excluding carboxylic acids is 3. The van der Waals surface area contributed by atoms with E-state index in [1.165, 1.54) is 0 Å². The van der Waals surface area contributed by atoms with Crippen molar-refractivity contribution in [3.8, 4) is 11.5 Å². The molecule has 0 saturated carbocycles. The van der Waals surface area contributed by atoms with E-state index in [0.29, 0.717) is 36.0 Å². The zero-order valence-corrected chi connectivity index (χ0v) is 16.8. The van der Waals surface area contributed by atoms with Gasteiger partial charge in [-0.05, 0) is 36.4 Å². The van der Waals surface area contributed by atoms with E-state index in [0.717, 1.165) is 23.3 Å². The van der Waals surface area contributed by atoms with Crippen molar-refractivity contribution in [2.75, 3.05) is 19.6 Å². The van der Waals surface area contributed by atoms with Crippen molar-refractivity contribution in [2.45, 2.75) is 18.8 Å². The van der Waals surface area contributed by atoms with E-state index in [1.54, 1.807) is 40.5 Å². The Kier molecular flexibility index (Phi) is 4.66. The van der Waals surface area contributed by atoms with Gasteiger partial charge in [0, 0.05) is 24.0 Å². The zero-order chi connectivity index (χ0) is 20.7. The molecule has 1 unspecified atom stereocenters. The molecule has 1 atom stereocenters. The molecular weight excluding hydrogens is 404 g/mol. The Morgan fingerprint density at radius 3 is 2.60 bits per heavy atom. The van der Waals surface area contributed by atoms with E-state index < -0.39 is 11.8 Å². The molecule has 0 aliphatic carbocycles. The summed E-state index contributed by atoms with van der Waals surface area (Å²) in [6, 6.07) is 8.55. The number of hydrogen-bond donors (Lipinski definition) is 0. The maximum absolute atomic E-state index is 12.9. The second-order valence-electron chi connectivity index (χ2n) is 7.38. The van der Waals surface area contributed by atoms with Crippen molar-refractivity contribution >= 4 is 29.1 Å². The monoisotopic (exact) mass is 422 g/mol. The quantitative estimate of drug-likeness (QED) is 0.600. The normalized spacial score (nSPS) is 18.7. The van der Waals surface area contributed by atoms with Crippen molar-refractivity contribution < 1.29 is 18.8 Å². The summed E-state index contributed by atoms with van der Waals surface area (Å²) in [4.78, 5) is 40.6. The fraction of sp³-hybridized carbons (Fsp3) is 0.286. The Morgan fingerprint density at radius 1 is 1.13 bits per heavy atom. The maximum Gasteiger partial charge on any atom is 0.262 e. The average molecular weight is 422 g/mol. The van der Waals surface area contributed by atoms with Crippen LogP contribution < -0.4 is 0 Å². The van der Waals surface area contributed by atoms with Crippen molar-refractivity contribution in [1.82, 2.24) is 20.0 Å². The van der Waals surface area contributed by atoms with E-state index in [9.17, 15) is 14.4 Å². The number of amides is 3. The van der Waals surface area contributed by atoms with Crippen molar-refractivity contribution in [3.05, 3.63) is 58.1 Å². The number of aromatic nitrogens is 2. The highest BCUT2D eigenvalue weighted by Crippen LogP contribution is 2.29. The summed E-state index contributed by atoms with van der Waals surface area (Å²) in [6.45, 7) is 0.736. The second kappa shape index (κ2) is 7.49. The standard InChI is InChI=1S/C21H18N4O4S/c26-17(11-25-20(27)15-5-1-2-6-16(15)21(25)28)24-8-3-4-13(10-24)18-22-23-19(29-18)14-7-9-30-12-14/h1-2,5-7,9,12-13H,3-4,8,10-11H2. The summed E-state index contributed by atoms with van der Waals surface area (Å²) in [5.41, 5.74) is 1.57. The van der Waals surface area contributed by atoms with Crippen LogP contribution in [0.15, 0.2) is 45.5 Å². The topological polar surface area (TPSA) is 96.6 Å². The van der Waals surface area contributed by atoms with Crippen LogP contribution >= 0.6 is 11.3 Å². The van der Waals surface area contributed by atoms with Gasteiger partial charge in [-0.2, -0.15) is 11.3 Å². The number of hydrogen-bond acceptors (Lipinski definition) is 7. The summed E-state index contributed by atoms with van der Waals surface area (Å²) in [7, 11) is 0. The molecule has 2 aromatic heterocycles. The molecule has 0 radical (unpaired) electrons. The fourth-order valence-electron chi connectivity index (χ4n) is 3.93. The van der Waals surface area contributed by atoms with Gasteiger partial charge in [0.05, 0.1) is 17.0 Å². The third kappa shape index (κ3) is 3.21. The largest absolute Gasteiger partial charge is 0.420 e. The van der Waals surface area contributed by atoms with Gasteiger partial charge < -0.3 is 9.32 Å². The van der Waals surface area contributed by atoms with Gasteiger partial charge in [0.2, 0.25) is 17.7 Å². The van der Waals surface area contributed by atoms with Crippen molar-refractivity contribution in [1.29, 1.82) is 0 Å². The van der Waals surface area contributed by atoms with Crippen LogP contribution in [0.4, 0.5) is 0 Å². The maximum atomic E-state index is 12.9. The van der Waals surface area contributed by atoms with Crippen LogP contribution in [-0.2, 0) is 4.79 Å². The molecule has 1 saturated heterocycles. The van der Waals surface area contributed by atoms with E-state index in [2.05, 4.69) is 10.2 Å². The molecule has 3 amide bonds. The molecule has 1 fully saturated rings. The fourth-order valence-corrected chi connectivity index (χ4v) is 4.56. The van der Waals surface area contributed by atoms with Crippen LogP contribution in [0.1, 0.15) is 45.4 Å². The molecule has 8 nitrogen and oxygen atoms in total. The van der Waals surface area contributed by atoms with Crippen LogP contribution in [-0.4, -0.2) is 57.4 Å². The predicted octanol–water partition coefficient (Wildman–Crippen LogP) is 2.80. The predicted molar refractivity (Wildman–Crippen MR) is 108 cm³/mol. The molecule has 4 heterocycles. The first-order chi connectivity index (χ1) is 14.6. The smallest absolute Gasteiger partial charge is 0.262 e. The third-order valence-electron chi connectivity index (χ3n) is 5.50. The molecule has 0 bridgehead atoms. The lowest BCUT2D eigenvalue weighted by molar-refractivity contribution is -0.132. The van der Waals surface area contributed by atoms with Crippen LogP contribution in [0.2, 0.25) is 0 Å². The number of imide groups is 1. The van der Waals surface area contributed by atoms with Crippen LogP contribution in [0.25, 0.3) is 11.5 Å². The first kappa shape index (κ1) is 18.7. The molecule has 1 aromatic carbocycles. The summed E-state index contributed by atoms with van der Waals surface area (Å²) in [6.07, 6.45) is 1.62. The molecule has 30 heavy (non-hydrogen) atoms. The summed E-state index contributed by atoms with van der Waals surface area (Å²) < 4.78 is 5.83. The molecule has 9 heteroatoms. The highest BCUT2D eigenvalue weighted by Gasteiger charge is 2.38. The molecule has 2 aliphatic rings. The molecule has 5 rings (SSSR count). The number of rotatable bonds is 4. The number of fused-ring (bicyclic) bond motifs is 1. The minimum absolute atomic E-state index is 0.0650. The van der Waals surface area contributed by atoms with Crippen LogP contribution in [0.5, 0.6) is 0 Å². The van der Waals surface area contributed by atoms with Crippen molar-refractivity contribution in [2.24, 2.45) is 0 Å². The van der Waals surface area contributed by atoms with E-state index in [1.807, 2.05) is 16.8 Å². The van der Waals surface area contributed by atoms with Gasteiger partial charge in [0.25, 0.3) is 11.8 Å². The van der Waals surface area contributed by atoms with Crippen molar-refractivity contribution in [3.63, 3.8) is 0 Å². The first-order valence-corrected chi connectivity index (χ1v) is 10.6. The second-order valence-corrected chi connectivity index (χ2v) is 8.16. The Labute approximate surface area is 176 Å².